The van der Waals surface area contributed by atoms with Crippen molar-refractivity contribution in [1.82, 2.24) is 4.90 Å². The van der Waals surface area contributed by atoms with Gasteiger partial charge in [-0.05, 0) is 61.3 Å². The Bertz CT molecular complexity index is 419. The van der Waals surface area contributed by atoms with Gasteiger partial charge in [-0.1, -0.05) is 0 Å². The lowest BCUT2D eigenvalue weighted by atomic mass is 10.1. The number of nitrogens with zero attached hydrogens (tertiary/aromatic N) is 1. The first-order chi connectivity index (χ1) is 9.82. The van der Waals surface area contributed by atoms with Crippen LogP contribution in [0.1, 0.15) is 61.3 Å². The molecule has 0 aliphatic carbocycles. The molecule has 1 aliphatic rings. The minimum Gasteiger partial charge on any atom is -0.458 e. The predicted molar refractivity (Wildman–Crippen MR) is 82.4 cm³/mol. The Labute approximate surface area is 132 Å². The van der Waals surface area contributed by atoms with Gasteiger partial charge in [-0.25, -0.2) is 9.59 Å². The summed E-state index contributed by atoms with van der Waals surface area (Å²) in [5.41, 5.74) is -1.29. The molecule has 0 bridgehead atoms. The van der Waals surface area contributed by atoms with Crippen LogP contribution in [0.5, 0.6) is 0 Å². The Hall–Kier alpha value is -1.30. The van der Waals surface area contributed by atoms with E-state index in [1.54, 1.807) is 48.5 Å². The summed E-state index contributed by atoms with van der Waals surface area (Å²) in [6.07, 6.45) is -0.323. The number of carbonyl (C=O) groups is 2. The third kappa shape index (κ3) is 5.16. The molecule has 0 spiro atoms. The lowest BCUT2D eigenvalue weighted by molar-refractivity contribution is -0.161. The number of rotatable bonds is 2. The Morgan fingerprint density at radius 1 is 1.05 bits per heavy atom. The van der Waals surface area contributed by atoms with Crippen LogP contribution in [0.15, 0.2) is 0 Å². The highest BCUT2D eigenvalue weighted by Crippen LogP contribution is 2.30. The summed E-state index contributed by atoms with van der Waals surface area (Å²) < 4.78 is 10.8. The lowest BCUT2D eigenvalue weighted by Crippen LogP contribution is -2.51. The van der Waals surface area contributed by atoms with Crippen molar-refractivity contribution in [3.05, 3.63) is 0 Å². The minimum atomic E-state index is -0.736. The fourth-order valence-electron chi connectivity index (χ4n) is 2.49. The number of hydrogen-bond acceptors (Lipinski definition) is 5. The number of esters is 1. The summed E-state index contributed by atoms with van der Waals surface area (Å²) in [6, 6.07) is -1.15. The first kappa shape index (κ1) is 18.7. The average molecular weight is 315 g/mol. The highest BCUT2D eigenvalue weighted by molar-refractivity contribution is 5.82. The number of ether oxygens (including phenoxy) is 2. The van der Waals surface area contributed by atoms with Crippen LogP contribution in [0, 0.1) is 0 Å². The number of likely N-dealkylation sites (tertiary alicyclic amines) is 1. The highest BCUT2D eigenvalue weighted by atomic mass is 16.6. The molecule has 1 N–H and O–H groups in total. The standard InChI is InChI=1S/C16H29NO5/c1-10(18)11-8-9-12(13(19)21-15(2,3)4)17(11)14(20)22-16(5,6)7/h10-12,18H,8-9H2,1-7H3/t10-,11-,12?/m0/s1. The zero-order valence-corrected chi connectivity index (χ0v) is 14.7. The van der Waals surface area contributed by atoms with E-state index in [-0.39, 0.29) is 0 Å². The molecule has 1 rings (SSSR count). The summed E-state index contributed by atoms with van der Waals surface area (Å²) in [6.45, 7) is 12.2. The van der Waals surface area contributed by atoms with E-state index < -0.39 is 41.5 Å². The molecular weight excluding hydrogens is 286 g/mol. The van der Waals surface area contributed by atoms with E-state index in [4.69, 9.17) is 9.47 Å². The molecule has 1 aliphatic heterocycles. The average Bonchev–Trinajstić information content (AvgIpc) is 2.68. The van der Waals surface area contributed by atoms with Crippen LogP contribution in [0.3, 0.4) is 0 Å². The SMILES string of the molecule is C[C@H](O)[C@@H]1CCC(C(=O)OC(C)(C)C)N1C(=O)OC(C)(C)C. The van der Waals surface area contributed by atoms with E-state index in [9.17, 15) is 14.7 Å². The van der Waals surface area contributed by atoms with Gasteiger partial charge in [-0.2, -0.15) is 0 Å². The molecule has 1 saturated heterocycles. The van der Waals surface area contributed by atoms with E-state index in [1.165, 1.54) is 4.90 Å². The Morgan fingerprint density at radius 2 is 1.55 bits per heavy atom. The van der Waals surface area contributed by atoms with Gasteiger partial charge in [0.25, 0.3) is 0 Å². The quantitative estimate of drug-likeness (QED) is 0.792. The van der Waals surface area contributed by atoms with Gasteiger partial charge < -0.3 is 14.6 Å². The van der Waals surface area contributed by atoms with Crippen LogP contribution in [-0.2, 0) is 14.3 Å². The van der Waals surface area contributed by atoms with Crippen LogP contribution >= 0.6 is 0 Å². The van der Waals surface area contributed by atoms with Gasteiger partial charge in [0.2, 0.25) is 0 Å². The molecule has 6 heteroatoms. The predicted octanol–water partition coefficient (Wildman–Crippen LogP) is 2.48. The maximum atomic E-state index is 12.4. The molecule has 1 amide bonds. The third-order valence-corrected chi connectivity index (χ3v) is 3.27. The van der Waals surface area contributed by atoms with Gasteiger partial charge in [0.1, 0.15) is 17.2 Å². The molecule has 0 aromatic heterocycles. The topological polar surface area (TPSA) is 76.1 Å². The number of carbonyl (C=O) groups excluding carboxylic acids is 2. The van der Waals surface area contributed by atoms with Crippen molar-refractivity contribution in [1.29, 1.82) is 0 Å². The minimum absolute atomic E-state index is 0.438. The third-order valence-electron chi connectivity index (χ3n) is 3.27. The second kappa shape index (κ2) is 6.44. The summed E-state index contributed by atoms with van der Waals surface area (Å²) in [5.74, 6) is -0.457. The Morgan fingerprint density at radius 3 is 1.95 bits per heavy atom. The summed E-state index contributed by atoms with van der Waals surface area (Å²) in [4.78, 5) is 26.1. The van der Waals surface area contributed by atoms with Crippen molar-refractivity contribution < 1.29 is 24.2 Å². The van der Waals surface area contributed by atoms with Crippen molar-refractivity contribution in [2.24, 2.45) is 0 Å². The molecular formula is C16H29NO5. The molecule has 0 aromatic rings. The van der Waals surface area contributed by atoms with Crippen LogP contribution < -0.4 is 0 Å². The van der Waals surface area contributed by atoms with E-state index in [1.807, 2.05) is 0 Å². The van der Waals surface area contributed by atoms with Crippen LogP contribution in [-0.4, -0.2) is 51.5 Å². The van der Waals surface area contributed by atoms with E-state index in [2.05, 4.69) is 0 Å². The molecule has 6 nitrogen and oxygen atoms in total. The maximum Gasteiger partial charge on any atom is 0.411 e. The largest absolute Gasteiger partial charge is 0.458 e. The highest BCUT2D eigenvalue weighted by Gasteiger charge is 2.46. The van der Waals surface area contributed by atoms with Crippen molar-refractivity contribution in [3.8, 4) is 0 Å². The zero-order chi connectivity index (χ0) is 17.3. The van der Waals surface area contributed by atoms with Gasteiger partial charge in [-0.3, -0.25) is 4.90 Å². The van der Waals surface area contributed by atoms with E-state index in [0.29, 0.717) is 12.8 Å². The molecule has 1 fully saturated rings. The Kier molecular flexibility index (Phi) is 5.49. The molecule has 0 aromatic carbocycles. The molecule has 128 valence electrons. The van der Waals surface area contributed by atoms with Crippen molar-refractivity contribution >= 4 is 12.1 Å². The van der Waals surface area contributed by atoms with Crippen LogP contribution in [0.4, 0.5) is 4.79 Å². The van der Waals surface area contributed by atoms with Crippen LogP contribution in [0.25, 0.3) is 0 Å². The molecule has 1 heterocycles. The molecule has 0 radical (unpaired) electrons. The lowest BCUT2D eigenvalue weighted by Gasteiger charge is -2.33. The number of amides is 1. The van der Waals surface area contributed by atoms with E-state index in [0.717, 1.165) is 0 Å². The van der Waals surface area contributed by atoms with E-state index >= 15 is 0 Å². The zero-order valence-electron chi connectivity index (χ0n) is 14.7. The summed E-state index contributed by atoms with van der Waals surface area (Å²) in [7, 11) is 0. The van der Waals surface area contributed by atoms with Crippen LogP contribution in [0.2, 0.25) is 0 Å². The van der Waals surface area contributed by atoms with Gasteiger partial charge >= 0.3 is 12.1 Å². The first-order valence-electron chi connectivity index (χ1n) is 7.74. The van der Waals surface area contributed by atoms with Crippen molar-refractivity contribution in [2.45, 2.75) is 90.7 Å². The Balaban J connectivity index is 2.96. The summed E-state index contributed by atoms with van der Waals surface area (Å²) >= 11 is 0. The maximum absolute atomic E-state index is 12.4. The second-order valence-corrected chi connectivity index (χ2v) is 7.82. The van der Waals surface area contributed by atoms with Gasteiger partial charge in [-0.15, -0.1) is 0 Å². The molecule has 0 saturated carbocycles. The second-order valence-electron chi connectivity index (χ2n) is 7.82. The normalized spacial score (nSPS) is 24.1. The number of aliphatic hydroxyl groups excluding tert-OH is 1. The van der Waals surface area contributed by atoms with Crippen molar-refractivity contribution in [2.75, 3.05) is 0 Å². The molecule has 22 heavy (non-hydrogen) atoms. The van der Waals surface area contributed by atoms with Gasteiger partial charge in [0, 0.05) is 0 Å². The monoisotopic (exact) mass is 315 g/mol. The van der Waals surface area contributed by atoms with Crippen molar-refractivity contribution in [3.63, 3.8) is 0 Å². The summed E-state index contributed by atoms with van der Waals surface area (Å²) in [5, 5.41) is 9.90. The number of hydrogen-bond donors (Lipinski definition) is 1. The fourth-order valence-corrected chi connectivity index (χ4v) is 2.49. The smallest absolute Gasteiger partial charge is 0.411 e. The van der Waals surface area contributed by atoms with Gasteiger partial charge in [0.05, 0.1) is 12.1 Å². The number of aliphatic hydroxyl groups is 1. The molecule has 1 unspecified atom stereocenters. The van der Waals surface area contributed by atoms with Gasteiger partial charge in [0.15, 0.2) is 0 Å². The molecule has 3 atom stereocenters. The fraction of sp³-hybridized carbons (Fsp3) is 0.875. The first-order valence-corrected chi connectivity index (χ1v) is 7.74.